The highest BCUT2D eigenvalue weighted by Crippen LogP contribution is 2.42. The van der Waals surface area contributed by atoms with E-state index in [2.05, 4.69) is 49.1 Å². The monoisotopic (exact) mass is 245 g/mol. The van der Waals surface area contributed by atoms with Crippen LogP contribution in [0.4, 0.5) is 0 Å². The van der Waals surface area contributed by atoms with Gasteiger partial charge in [0.2, 0.25) is 0 Å². The number of nitrogens with zero attached hydrogens (tertiary/aromatic N) is 1. The van der Waals surface area contributed by atoms with Crippen molar-refractivity contribution in [3.8, 4) is 0 Å². The second-order valence-electron chi connectivity index (χ2n) is 6.68. The zero-order valence-electron chi connectivity index (χ0n) is 11.5. The third kappa shape index (κ3) is 2.45. The van der Waals surface area contributed by atoms with Crippen LogP contribution in [0.5, 0.6) is 0 Å². The molecule has 0 atom stereocenters. The topological polar surface area (TPSA) is 12.5 Å². The van der Waals surface area contributed by atoms with Gasteiger partial charge in [0.15, 0.2) is 0 Å². The standard InChI is InChI=1S/C16H23NO/c1-15(2)8-9-16(13-18-15)11-17(12-16)10-14-6-4-3-5-7-14/h3-7H,8-13H2,1-2H3. The average Bonchev–Trinajstić information content (AvgIpc) is 2.31. The van der Waals surface area contributed by atoms with Gasteiger partial charge in [0.05, 0.1) is 12.2 Å². The van der Waals surface area contributed by atoms with Crippen LogP contribution in [0.25, 0.3) is 0 Å². The number of rotatable bonds is 2. The van der Waals surface area contributed by atoms with E-state index < -0.39 is 0 Å². The molecule has 2 saturated heterocycles. The Kier molecular flexibility index (Phi) is 2.95. The molecule has 0 N–H and O–H groups in total. The summed E-state index contributed by atoms with van der Waals surface area (Å²) in [5, 5.41) is 0. The van der Waals surface area contributed by atoms with Crippen molar-refractivity contribution >= 4 is 0 Å². The third-order valence-electron chi connectivity index (χ3n) is 4.39. The lowest BCUT2D eigenvalue weighted by molar-refractivity contribution is -0.164. The maximum atomic E-state index is 5.99. The van der Waals surface area contributed by atoms with Crippen LogP contribution in [0, 0.1) is 5.41 Å². The normalized spacial score (nSPS) is 25.9. The van der Waals surface area contributed by atoms with Gasteiger partial charge in [0.25, 0.3) is 0 Å². The Bertz CT molecular complexity index is 394. The van der Waals surface area contributed by atoms with Crippen molar-refractivity contribution in [3.05, 3.63) is 35.9 Å². The first-order valence-corrected chi connectivity index (χ1v) is 6.97. The van der Waals surface area contributed by atoms with E-state index in [1.165, 1.54) is 31.5 Å². The van der Waals surface area contributed by atoms with Crippen LogP contribution >= 0.6 is 0 Å². The number of ether oxygens (including phenoxy) is 1. The summed E-state index contributed by atoms with van der Waals surface area (Å²) in [6, 6.07) is 10.8. The van der Waals surface area contributed by atoms with Gasteiger partial charge >= 0.3 is 0 Å². The van der Waals surface area contributed by atoms with E-state index in [9.17, 15) is 0 Å². The fraction of sp³-hybridized carbons (Fsp3) is 0.625. The van der Waals surface area contributed by atoms with Crippen LogP contribution in [-0.4, -0.2) is 30.2 Å². The average molecular weight is 245 g/mol. The second-order valence-corrected chi connectivity index (χ2v) is 6.68. The summed E-state index contributed by atoms with van der Waals surface area (Å²) >= 11 is 0. The Morgan fingerprint density at radius 2 is 1.83 bits per heavy atom. The van der Waals surface area contributed by atoms with Gasteiger partial charge < -0.3 is 4.74 Å². The van der Waals surface area contributed by atoms with Gasteiger partial charge in [-0.2, -0.15) is 0 Å². The smallest absolute Gasteiger partial charge is 0.0627 e. The van der Waals surface area contributed by atoms with Crippen LogP contribution in [0.15, 0.2) is 30.3 Å². The molecular weight excluding hydrogens is 222 g/mol. The highest BCUT2D eigenvalue weighted by Gasteiger charge is 2.47. The number of hydrogen-bond acceptors (Lipinski definition) is 2. The van der Waals surface area contributed by atoms with Crippen molar-refractivity contribution in [3.63, 3.8) is 0 Å². The van der Waals surface area contributed by atoms with Crippen molar-refractivity contribution < 1.29 is 4.74 Å². The third-order valence-corrected chi connectivity index (χ3v) is 4.39. The summed E-state index contributed by atoms with van der Waals surface area (Å²) in [6.07, 6.45) is 2.53. The highest BCUT2D eigenvalue weighted by molar-refractivity contribution is 5.15. The lowest BCUT2D eigenvalue weighted by Gasteiger charge is -2.54. The van der Waals surface area contributed by atoms with Gasteiger partial charge in [-0.25, -0.2) is 0 Å². The number of likely N-dealkylation sites (tertiary alicyclic amines) is 1. The van der Waals surface area contributed by atoms with E-state index in [0.717, 1.165) is 13.2 Å². The van der Waals surface area contributed by atoms with Crippen LogP contribution in [0.1, 0.15) is 32.3 Å². The number of hydrogen-bond donors (Lipinski definition) is 0. The van der Waals surface area contributed by atoms with Crippen LogP contribution in [0.3, 0.4) is 0 Å². The molecule has 2 aliphatic heterocycles. The second kappa shape index (κ2) is 4.36. The Morgan fingerprint density at radius 1 is 1.11 bits per heavy atom. The molecule has 0 unspecified atom stereocenters. The van der Waals surface area contributed by atoms with Crippen molar-refractivity contribution in [2.45, 2.75) is 38.8 Å². The summed E-state index contributed by atoms with van der Waals surface area (Å²) < 4.78 is 5.99. The molecule has 0 amide bonds. The minimum absolute atomic E-state index is 0.102. The first kappa shape index (κ1) is 12.2. The summed E-state index contributed by atoms with van der Waals surface area (Å²) in [5.74, 6) is 0. The van der Waals surface area contributed by atoms with Crippen molar-refractivity contribution in [1.82, 2.24) is 4.90 Å². The highest BCUT2D eigenvalue weighted by atomic mass is 16.5. The minimum Gasteiger partial charge on any atom is -0.375 e. The predicted molar refractivity (Wildman–Crippen MR) is 73.4 cm³/mol. The lowest BCUT2D eigenvalue weighted by atomic mass is 9.72. The molecule has 18 heavy (non-hydrogen) atoms. The fourth-order valence-corrected chi connectivity index (χ4v) is 3.16. The maximum Gasteiger partial charge on any atom is 0.0627 e. The zero-order valence-corrected chi connectivity index (χ0v) is 11.5. The molecule has 1 aromatic rings. The van der Waals surface area contributed by atoms with E-state index in [4.69, 9.17) is 4.74 Å². The quantitative estimate of drug-likeness (QED) is 0.794. The van der Waals surface area contributed by atoms with Gasteiger partial charge in [-0.15, -0.1) is 0 Å². The fourth-order valence-electron chi connectivity index (χ4n) is 3.16. The van der Waals surface area contributed by atoms with Crippen molar-refractivity contribution in [2.75, 3.05) is 19.7 Å². The van der Waals surface area contributed by atoms with Gasteiger partial charge in [-0.1, -0.05) is 30.3 Å². The molecule has 2 aliphatic rings. The first-order valence-electron chi connectivity index (χ1n) is 6.97. The molecule has 3 rings (SSSR count). The van der Waals surface area contributed by atoms with Crippen molar-refractivity contribution in [1.29, 1.82) is 0 Å². The molecule has 0 aliphatic carbocycles. The van der Waals surface area contributed by atoms with Gasteiger partial charge in [-0.05, 0) is 32.3 Å². The minimum atomic E-state index is 0.102. The molecule has 2 nitrogen and oxygen atoms in total. The number of benzene rings is 1. The maximum absolute atomic E-state index is 5.99. The molecule has 2 heteroatoms. The van der Waals surface area contributed by atoms with E-state index in [1.807, 2.05) is 0 Å². The van der Waals surface area contributed by atoms with Crippen LogP contribution < -0.4 is 0 Å². The molecule has 1 aromatic carbocycles. The Hall–Kier alpha value is -0.860. The van der Waals surface area contributed by atoms with Crippen LogP contribution in [-0.2, 0) is 11.3 Å². The first-order chi connectivity index (χ1) is 8.57. The Balaban J connectivity index is 1.52. The summed E-state index contributed by atoms with van der Waals surface area (Å²) in [6.45, 7) is 8.87. The predicted octanol–water partition coefficient (Wildman–Crippen LogP) is 3.08. The summed E-state index contributed by atoms with van der Waals surface area (Å²) in [7, 11) is 0. The van der Waals surface area contributed by atoms with Gasteiger partial charge in [0.1, 0.15) is 0 Å². The van der Waals surface area contributed by atoms with Crippen LogP contribution in [0.2, 0.25) is 0 Å². The summed E-state index contributed by atoms with van der Waals surface area (Å²) in [5.41, 5.74) is 1.99. The molecule has 0 bridgehead atoms. The summed E-state index contributed by atoms with van der Waals surface area (Å²) in [4.78, 5) is 2.54. The van der Waals surface area contributed by atoms with E-state index >= 15 is 0 Å². The van der Waals surface area contributed by atoms with E-state index in [1.54, 1.807) is 0 Å². The van der Waals surface area contributed by atoms with E-state index in [-0.39, 0.29) is 5.60 Å². The van der Waals surface area contributed by atoms with Crippen molar-refractivity contribution in [2.24, 2.45) is 5.41 Å². The van der Waals surface area contributed by atoms with Gasteiger partial charge in [-0.3, -0.25) is 4.90 Å². The molecule has 1 spiro atoms. The largest absolute Gasteiger partial charge is 0.375 e. The Labute approximate surface area is 110 Å². The lowest BCUT2D eigenvalue weighted by Crippen LogP contribution is -2.61. The Morgan fingerprint density at radius 3 is 2.44 bits per heavy atom. The molecule has 0 saturated carbocycles. The molecular formula is C16H23NO. The SMILES string of the molecule is CC1(C)CCC2(CO1)CN(Cc1ccccc1)C2. The molecule has 2 fully saturated rings. The zero-order chi connectivity index (χ0) is 12.6. The van der Waals surface area contributed by atoms with E-state index in [0.29, 0.717) is 5.41 Å². The molecule has 98 valence electrons. The van der Waals surface area contributed by atoms with Gasteiger partial charge in [0, 0.05) is 25.0 Å². The molecule has 0 radical (unpaired) electrons. The molecule has 0 aromatic heterocycles. The molecule has 2 heterocycles.